The molecule has 0 saturated carbocycles. The average Bonchev–Trinajstić information content (AvgIpc) is 2.29. The molecule has 0 fully saturated rings. The summed E-state index contributed by atoms with van der Waals surface area (Å²) in [4.78, 5) is 10.7. The number of carbonyl (C=O) groups is 1. The molecule has 0 heterocycles. The van der Waals surface area contributed by atoms with Gasteiger partial charge in [-0.25, -0.2) is 0 Å². The molecule has 0 bridgehead atoms. The normalized spacial score (nSPS) is 11.2. The molecule has 0 aromatic heterocycles. The Bertz CT molecular complexity index is 384. The molecule has 0 spiro atoms. The average molecular weight is 221 g/mol. The zero-order valence-corrected chi connectivity index (χ0v) is 9.34. The van der Waals surface area contributed by atoms with E-state index in [9.17, 15) is 4.79 Å². The number of primary amides is 1. The summed E-state index contributed by atoms with van der Waals surface area (Å²) in [7, 11) is 3.12. The molecule has 1 amide bonds. The van der Waals surface area contributed by atoms with E-state index in [0.717, 1.165) is 11.1 Å². The fraction of sp³-hybridized carbons (Fsp3) is 0.250. The van der Waals surface area contributed by atoms with Gasteiger partial charge in [-0.2, -0.15) is 0 Å². The van der Waals surface area contributed by atoms with Gasteiger partial charge in [-0.3, -0.25) is 4.79 Å². The summed E-state index contributed by atoms with van der Waals surface area (Å²) in [5, 5.41) is 0. The second-order valence-corrected chi connectivity index (χ2v) is 3.17. The van der Waals surface area contributed by atoms with Crippen molar-refractivity contribution in [3.63, 3.8) is 0 Å². The quantitative estimate of drug-likeness (QED) is 0.605. The second kappa shape index (κ2) is 6.05. The van der Waals surface area contributed by atoms with Gasteiger partial charge in [0.15, 0.2) is 6.29 Å². The van der Waals surface area contributed by atoms with Crippen LogP contribution in [0.2, 0.25) is 0 Å². The lowest BCUT2D eigenvalue weighted by Gasteiger charge is -2.15. The molecule has 2 N–H and O–H groups in total. The zero-order valence-electron chi connectivity index (χ0n) is 9.34. The van der Waals surface area contributed by atoms with Crippen LogP contribution in [0.25, 0.3) is 6.08 Å². The third-order valence-corrected chi connectivity index (χ3v) is 2.11. The summed E-state index contributed by atoms with van der Waals surface area (Å²) in [6.45, 7) is 0. The minimum Gasteiger partial charge on any atom is -0.366 e. The van der Waals surface area contributed by atoms with Gasteiger partial charge in [-0.15, -0.1) is 0 Å². The lowest BCUT2D eigenvalue weighted by atomic mass is 10.1. The molecule has 16 heavy (non-hydrogen) atoms. The van der Waals surface area contributed by atoms with Gasteiger partial charge >= 0.3 is 0 Å². The van der Waals surface area contributed by atoms with Crippen molar-refractivity contribution in [3.05, 3.63) is 41.5 Å². The van der Waals surface area contributed by atoms with E-state index in [0.29, 0.717) is 0 Å². The minimum atomic E-state index is -0.485. The number of methoxy groups -OCH3 is 2. The molecular formula is C12H15NO3. The first-order valence-electron chi connectivity index (χ1n) is 4.81. The number of nitrogens with two attached hydrogens (primary N) is 1. The van der Waals surface area contributed by atoms with Gasteiger partial charge < -0.3 is 15.2 Å². The number of ether oxygens (including phenoxy) is 2. The fourth-order valence-corrected chi connectivity index (χ4v) is 1.40. The van der Waals surface area contributed by atoms with Crippen LogP contribution in [0.15, 0.2) is 30.3 Å². The largest absolute Gasteiger partial charge is 0.366 e. The molecule has 0 aliphatic carbocycles. The van der Waals surface area contributed by atoms with Crippen molar-refractivity contribution in [1.29, 1.82) is 0 Å². The van der Waals surface area contributed by atoms with Crippen LogP contribution in [0.1, 0.15) is 17.4 Å². The van der Waals surface area contributed by atoms with Crippen molar-refractivity contribution in [2.75, 3.05) is 14.2 Å². The molecule has 1 rings (SSSR count). The predicted molar refractivity (Wildman–Crippen MR) is 61.4 cm³/mol. The Labute approximate surface area is 94.7 Å². The molecule has 0 unspecified atom stereocenters. The zero-order chi connectivity index (χ0) is 12.0. The van der Waals surface area contributed by atoms with Gasteiger partial charge in [0, 0.05) is 25.9 Å². The van der Waals surface area contributed by atoms with E-state index >= 15 is 0 Å². The van der Waals surface area contributed by atoms with E-state index in [2.05, 4.69) is 0 Å². The van der Waals surface area contributed by atoms with E-state index in [-0.39, 0.29) is 0 Å². The molecule has 0 atom stereocenters. The van der Waals surface area contributed by atoms with Gasteiger partial charge in [0.05, 0.1) is 0 Å². The lowest BCUT2D eigenvalue weighted by molar-refractivity contribution is -0.113. The summed E-state index contributed by atoms with van der Waals surface area (Å²) in [6.07, 6.45) is 2.50. The van der Waals surface area contributed by atoms with Crippen molar-refractivity contribution < 1.29 is 14.3 Å². The van der Waals surface area contributed by atoms with Crippen LogP contribution in [0.3, 0.4) is 0 Å². The SMILES string of the molecule is COC(OC)c1ccccc1C=CC(N)=O. The van der Waals surface area contributed by atoms with Crippen LogP contribution < -0.4 is 5.73 Å². The Hall–Kier alpha value is -1.65. The first kappa shape index (κ1) is 12.4. The van der Waals surface area contributed by atoms with Gasteiger partial charge in [0.25, 0.3) is 0 Å². The first-order chi connectivity index (χ1) is 7.69. The molecule has 0 aliphatic rings. The summed E-state index contributed by atoms with van der Waals surface area (Å²) in [5.41, 5.74) is 6.74. The van der Waals surface area contributed by atoms with Crippen LogP contribution in [-0.4, -0.2) is 20.1 Å². The predicted octanol–water partition coefficient (Wildman–Crippen LogP) is 1.48. The third kappa shape index (κ3) is 3.18. The van der Waals surface area contributed by atoms with E-state index in [1.54, 1.807) is 20.3 Å². The van der Waals surface area contributed by atoms with Crippen molar-refractivity contribution in [3.8, 4) is 0 Å². The highest BCUT2D eigenvalue weighted by Crippen LogP contribution is 2.22. The van der Waals surface area contributed by atoms with Crippen LogP contribution in [0, 0.1) is 0 Å². The maximum Gasteiger partial charge on any atom is 0.241 e. The maximum atomic E-state index is 10.7. The Morgan fingerprint density at radius 3 is 2.50 bits per heavy atom. The highest BCUT2D eigenvalue weighted by molar-refractivity contribution is 5.90. The molecular weight excluding hydrogens is 206 g/mol. The van der Waals surface area contributed by atoms with Crippen molar-refractivity contribution >= 4 is 12.0 Å². The lowest BCUT2D eigenvalue weighted by Crippen LogP contribution is -2.07. The number of rotatable bonds is 5. The summed E-state index contributed by atoms with van der Waals surface area (Å²) < 4.78 is 10.3. The minimum absolute atomic E-state index is 0.450. The summed E-state index contributed by atoms with van der Waals surface area (Å²) in [6, 6.07) is 7.48. The van der Waals surface area contributed by atoms with Crippen LogP contribution in [0.4, 0.5) is 0 Å². The van der Waals surface area contributed by atoms with Crippen LogP contribution in [-0.2, 0) is 14.3 Å². The molecule has 4 heteroatoms. The number of hydrogen-bond donors (Lipinski definition) is 1. The smallest absolute Gasteiger partial charge is 0.241 e. The molecule has 0 radical (unpaired) electrons. The van der Waals surface area contributed by atoms with E-state index < -0.39 is 12.2 Å². The monoisotopic (exact) mass is 221 g/mol. The third-order valence-electron chi connectivity index (χ3n) is 2.11. The topological polar surface area (TPSA) is 61.6 Å². The highest BCUT2D eigenvalue weighted by Gasteiger charge is 2.11. The summed E-state index contributed by atoms with van der Waals surface area (Å²) >= 11 is 0. The van der Waals surface area contributed by atoms with Gasteiger partial charge in [-0.1, -0.05) is 24.3 Å². The molecule has 0 saturated heterocycles. The van der Waals surface area contributed by atoms with Crippen molar-refractivity contribution in [1.82, 2.24) is 0 Å². The number of amides is 1. The van der Waals surface area contributed by atoms with E-state index in [4.69, 9.17) is 15.2 Å². The molecule has 4 nitrogen and oxygen atoms in total. The second-order valence-electron chi connectivity index (χ2n) is 3.17. The summed E-state index contributed by atoms with van der Waals surface area (Å²) in [5.74, 6) is -0.485. The Balaban J connectivity index is 3.04. The van der Waals surface area contributed by atoms with Gasteiger partial charge in [0.1, 0.15) is 0 Å². The Morgan fingerprint density at radius 2 is 1.94 bits per heavy atom. The Morgan fingerprint density at radius 1 is 1.31 bits per heavy atom. The van der Waals surface area contributed by atoms with E-state index in [1.807, 2.05) is 24.3 Å². The molecule has 86 valence electrons. The highest BCUT2D eigenvalue weighted by atomic mass is 16.7. The number of carbonyl (C=O) groups excluding carboxylic acids is 1. The number of benzene rings is 1. The molecule has 0 aliphatic heterocycles. The van der Waals surface area contributed by atoms with Crippen molar-refractivity contribution in [2.45, 2.75) is 6.29 Å². The number of hydrogen-bond acceptors (Lipinski definition) is 3. The van der Waals surface area contributed by atoms with Crippen LogP contribution >= 0.6 is 0 Å². The van der Waals surface area contributed by atoms with Gasteiger partial charge in [-0.05, 0) is 11.6 Å². The van der Waals surface area contributed by atoms with Crippen LogP contribution in [0.5, 0.6) is 0 Å². The maximum absolute atomic E-state index is 10.7. The first-order valence-corrected chi connectivity index (χ1v) is 4.81. The van der Waals surface area contributed by atoms with E-state index in [1.165, 1.54) is 6.08 Å². The standard InChI is InChI=1S/C12H15NO3/c1-15-12(16-2)10-6-4-3-5-9(10)7-8-11(13)14/h3-8,12H,1-2H3,(H2,13,14). The van der Waals surface area contributed by atoms with Gasteiger partial charge in [0.2, 0.25) is 5.91 Å². The Kier molecular flexibility index (Phi) is 4.69. The van der Waals surface area contributed by atoms with Crippen molar-refractivity contribution in [2.24, 2.45) is 5.73 Å². The fourth-order valence-electron chi connectivity index (χ4n) is 1.40. The molecule has 1 aromatic carbocycles. The molecule has 1 aromatic rings.